The summed E-state index contributed by atoms with van der Waals surface area (Å²) in [5, 5.41) is 36.8. The molecular formula is C68H92N10O18S2. The van der Waals surface area contributed by atoms with E-state index in [1.54, 1.807) is 59.7 Å². The van der Waals surface area contributed by atoms with Crippen LogP contribution in [0.5, 0.6) is 23.0 Å². The van der Waals surface area contributed by atoms with Crippen molar-refractivity contribution in [3.05, 3.63) is 102 Å². The smallest absolute Gasteiger partial charge is 0.411 e. The number of nitrogens with zero attached hydrogens (tertiary/aromatic N) is 3. The van der Waals surface area contributed by atoms with Gasteiger partial charge >= 0.3 is 18.2 Å². The Kier molecular flexibility index (Phi) is 31.4. The highest BCUT2D eigenvalue weighted by molar-refractivity contribution is 8.76. The Morgan fingerprint density at radius 2 is 1.19 bits per heavy atom. The fourth-order valence-electron chi connectivity index (χ4n) is 10.8. The van der Waals surface area contributed by atoms with Gasteiger partial charge in [-0.05, 0) is 93.5 Å². The second-order valence-electron chi connectivity index (χ2n) is 24.2. The van der Waals surface area contributed by atoms with Crippen molar-refractivity contribution in [3.63, 3.8) is 0 Å². The largest absolute Gasteiger partial charge is 0.493 e. The normalized spacial score (nSPS) is 15.6. The van der Waals surface area contributed by atoms with Crippen LogP contribution in [0.25, 0.3) is 0 Å². The molecule has 3 aliphatic heterocycles. The third-order valence-electron chi connectivity index (χ3n) is 15.8. The molecule has 3 aromatic rings. The van der Waals surface area contributed by atoms with Crippen LogP contribution >= 0.6 is 21.6 Å². The van der Waals surface area contributed by atoms with Crippen molar-refractivity contribution in [2.24, 2.45) is 11.7 Å². The Labute approximate surface area is 578 Å². The summed E-state index contributed by atoms with van der Waals surface area (Å²) in [4.78, 5) is 135. The van der Waals surface area contributed by atoms with Gasteiger partial charge in [-0.1, -0.05) is 92.1 Å². The Balaban J connectivity index is 1.06. The number of methoxy groups -OCH3 is 2. The van der Waals surface area contributed by atoms with Gasteiger partial charge in [-0.3, -0.25) is 49.1 Å². The van der Waals surface area contributed by atoms with Gasteiger partial charge in [0.1, 0.15) is 25.3 Å². The lowest BCUT2D eigenvalue weighted by atomic mass is 10.0. The molecule has 98 heavy (non-hydrogen) atoms. The van der Waals surface area contributed by atoms with E-state index in [4.69, 9.17) is 34.2 Å². The number of carbonyl (C=O) groups is 10. The summed E-state index contributed by atoms with van der Waals surface area (Å²) in [6, 6.07) is 8.22. The van der Waals surface area contributed by atoms with Crippen LogP contribution in [0.3, 0.4) is 0 Å². The highest BCUT2D eigenvalue weighted by Crippen LogP contribution is 2.38. The number of anilines is 3. The highest BCUT2D eigenvalue weighted by atomic mass is 33.1. The van der Waals surface area contributed by atoms with Crippen molar-refractivity contribution in [1.82, 2.24) is 30.7 Å². The van der Waals surface area contributed by atoms with Crippen molar-refractivity contribution in [1.29, 1.82) is 0 Å². The molecule has 6 rings (SSSR count). The Hall–Kier alpha value is -9.00. The number of benzene rings is 3. The summed E-state index contributed by atoms with van der Waals surface area (Å²) >= 11 is 0. The number of amides is 11. The van der Waals surface area contributed by atoms with E-state index in [1.165, 1.54) is 60.4 Å². The van der Waals surface area contributed by atoms with E-state index in [-0.39, 0.29) is 148 Å². The number of hydrogen-bond donors (Lipinski definition) is 9. The van der Waals surface area contributed by atoms with Crippen molar-refractivity contribution < 1.29 is 86.6 Å². The van der Waals surface area contributed by atoms with Crippen LogP contribution in [0, 0.1) is 5.92 Å². The standard InChI is InChI=1S/C68H92N10O18S2/c1-41(2)61(75-58(81)17-11-9-12-25-76-59(82)22-23-60(76)83)63(85)72-51(16-15-24-70-66(69)88)62(84)71-46-20-18-45(19-21-46)40-96-68(90)74-53-35-57(55(92-8)33-50(53)65(87)78-37-44(6)31-48(78)39-80)94-27-14-10-13-26-93-56-34-52(73-67(89)95-28-29-97-98-42(3)4)49(32-54(56)91-7)64(86)77-36-43(5)30-47(77)38-79/h18-23,32-35,41-42,47-48,51,61,79-80H,5-6,9-17,24-31,36-40H2,1-4,7-8H3,(H,71,84)(H,72,85)(H,73,89)(H,74,90)(H,75,81)(H3,69,70,88)/t47-,48-,51-,61-/m0/s1. The van der Waals surface area contributed by atoms with Gasteiger partial charge in [-0.15, -0.1) is 0 Å². The predicted molar refractivity (Wildman–Crippen MR) is 371 cm³/mol. The van der Waals surface area contributed by atoms with Gasteiger partial charge in [0.15, 0.2) is 23.0 Å². The van der Waals surface area contributed by atoms with E-state index in [2.05, 4.69) is 58.9 Å². The number of ether oxygens (including phenoxy) is 6. The molecule has 3 aromatic carbocycles. The van der Waals surface area contributed by atoms with E-state index in [0.29, 0.717) is 73.6 Å². The number of imide groups is 1. The Morgan fingerprint density at radius 1 is 0.653 bits per heavy atom. The number of nitrogens with one attached hydrogen (secondary N) is 6. The predicted octanol–water partition coefficient (Wildman–Crippen LogP) is 7.44. The summed E-state index contributed by atoms with van der Waals surface area (Å²) in [6.07, 6.45) is 5.02. The number of carbonyl (C=O) groups excluding carboxylic acids is 10. The minimum atomic E-state index is -1.13. The van der Waals surface area contributed by atoms with E-state index >= 15 is 0 Å². The van der Waals surface area contributed by atoms with Crippen molar-refractivity contribution >= 4 is 98.2 Å². The van der Waals surface area contributed by atoms with Gasteiger partial charge in [0.2, 0.25) is 17.7 Å². The fraction of sp³-hybridized carbons (Fsp3) is 0.500. The minimum absolute atomic E-state index is 0.0177. The maximum absolute atomic E-state index is 14.3. The molecule has 11 amide bonds. The van der Waals surface area contributed by atoms with Gasteiger partial charge in [-0.2, -0.15) is 0 Å². The molecule has 0 aromatic heterocycles. The molecule has 4 atom stereocenters. The first-order chi connectivity index (χ1) is 46.9. The zero-order valence-corrected chi connectivity index (χ0v) is 58.0. The number of hydrogen-bond acceptors (Lipinski definition) is 20. The maximum atomic E-state index is 14.3. The number of nitrogens with two attached hydrogens (primary N) is 1. The van der Waals surface area contributed by atoms with Gasteiger partial charge in [0, 0.05) is 73.6 Å². The molecule has 0 bridgehead atoms. The first kappa shape index (κ1) is 78.0. The summed E-state index contributed by atoms with van der Waals surface area (Å²) in [5.74, 6) is -2.32. The van der Waals surface area contributed by atoms with E-state index in [1.807, 2.05) is 0 Å². The van der Waals surface area contributed by atoms with Gasteiger partial charge < -0.3 is 75.4 Å². The molecule has 30 heteroatoms. The summed E-state index contributed by atoms with van der Waals surface area (Å²) < 4.78 is 34.8. The van der Waals surface area contributed by atoms with Crippen LogP contribution in [0.1, 0.15) is 125 Å². The lowest BCUT2D eigenvalue weighted by molar-refractivity contribution is -0.137. The fourth-order valence-corrected chi connectivity index (χ4v) is 12.6. The molecule has 3 heterocycles. The molecule has 0 saturated carbocycles. The molecule has 0 aliphatic carbocycles. The van der Waals surface area contributed by atoms with E-state index < -0.39 is 71.9 Å². The molecular weight excluding hydrogens is 1310 g/mol. The van der Waals surface area contributed by atoms with Crippen LogP contribution in [0.15, 0.2) is 85.0 Å². The van der Waals surface area contributed by atoms with E-state index in [9.17, 15) is 58.2 Å². The van der Waals surface area contributed by atoms with Crippen LogP contribution in [-0.2, 0) is 40.1 Å². The van der Waals surface area contributed by atoms with E-state index in [0.717, 1.165) is 16.0 Å². The molecule has 10 N–H and O–H groups in total. The van der Waals surface area contributed by atoms with Crippen LogP contribution in [-0.4, -0.2) is 193 Å². The third kappa shape index (κ3) is 23.9. The topological polar surface area (TPSA) is 374 Å². The van der Waals surface area contributed by atoms with Gasteiger partial charge in [0.25, 0.3) is 23.6 Å². The van der Waals surface area contributed by atoms with Gasteiger partial charge in [-0.25, -0.2) is 14.4 Å². The van der Waals surface area contributed by atoms with Crippen molar-refractivity contribution in [2.45, 2.75) is 134 Å². The minimum Gasteiger partial charge on any atom is -0.493 e. The quantitative estimate of drug-likeness (QED) is 0.0116. The maximum Gasteiger partial charge on any atom is 0.411 e. The van der Waals surface area contributed by atoms with Crippen molar-refractivity contribution in [3.8, 4) is 23.0 Å². The third-order valence-corrected chi connectivity index (χ3v) is 18.7. The number of aliphatic hydroxyl groups excluding tert-OH is 2. The Morgan fingerprint density at radius 3 is 1.70 bits per heavy atom. The number of likely N-dealkylation sites (tertiary alicyclic amines) is 2. The number of aliphatic hydroxyl groups is 2. The number of rotatable bonds is 39. The van der Waals surface area contributed by atoms with Crippen LogP contribution in [0.2, 0.25) is 0 Å². The summed E-state index contributed by atoms with van der Waals surface area (Å²) in [7, 11) is 6.07. The lowest BCUT2D eigenvalue weighted by Gasteiger charge is -2.25. The lowest BCUT2D eigenvalue weighted by Crippen LogP contribution is -2.54. The van der Waals surface area contributed by atoms with Crippen LogP contribution in [0.4, 0.5) is 31.4 Å². The number of primary amides is 1. The molecule has 2 fully saturated rings. The molecule has 2 saturated heterocycles. The first-order valence-electron chi connectivity index (χ1n) is 32.5. The second kappa shape index (κ2) is 39.4. The zero-order chi connectivity index (χ0) is 71.4. The number of unbranched alkanes of at least 4 members (excludes halogenated alkanes) is 4. The zero-order valence-electron chi connectivity index (χ0n) is 56.4. The monoisotopic (exact) mass is 1400 g/mol. The summed E-state index contributed by atoms with van der Waals surface area (Å²) in [6.45, 7) is 16.0. The average molecular weight is 1400 g/mol. The number of urea groups is 1. The summed E-state index contributed by atoms with van der Waals surface area (Å²) in [5.41, 5.74) is 7.85. The molecule has 0 spiro atoms. The molecule has 534 valence electrons. The molecule has 28 nitrogen and oxygen atoms in total. The average Bonchev–Trinajstić information content (AvgIpc) is 1.45. The first-order valence-corrected chi connectivity index (χ1v) is 34.9. The molecule has 3 aliphatic rings. The van der Waals surface area contributed by atoms with Crippen molar-refractivity contribution in [2.75, 3.05) is 95.1 Å². The SMILES string of the molecule is C=C1C[C@@H](CO)N(C(=O)c2cc(OC)c(OCCCCCOc3cc(NC(=O)OCc4ccc(NC(=O)[C@H](CCCNC(N)=O)NC(=O)[C@@H](NC(=O)CCCCCN5C(=O)C=CC5=O)C(C)C)cc4)c(C(=O)N4CC(=C)C[C@H]4CO)cc3OC)cc2NC(=O)OCCSSC(C)C)C1. The second-order valence-corrected chi connectivity index (χ2v) is 27.2. The van der Waals surface area contributed by atoms with Crippen LogP contribution < -0.4 is 56.6 Å². The Bertz CT molecular complexity index is 3350. The molecule has 0 unspecified atom stereocenters. The van der Waals surface area contributed by atoms with Gasteiger partial charge in [0.05, 0.1) is 75.2 Å². The highest BCUT2D eigenvalue weighted by Gasteiger charge is 2.36. The molecule has 0 radical (unpaired) electrons.